The van der Waals surface area contributed by atoms with Crippen LogP contribution in [-0.2, 0) is 0 Å². The zero-order chi connectivity index (χ0) is 17.1. The molecule has 0 aromatic heterocycles. The van der Waals surface area contributed by atoms with Gasteiger partial charge in [-0.25, -0.2) is 0 Å². The predicted molar refractivity (Wildman–Crippen MR) is 98.4 cm³/mol. The van der Waals surface area contributed by atoms with Crippen molar-refractivity contribution < 1.29 is 5.11 Å². The minimum atomic E-state index is -0.437. The number of aliphatic hydroxyl groups excluding tert-OH is 1. The summed E-state index contributed by atoms with van der Waals surface area (Å²) in [7, 11) is 4.20. The highest BCUT2D eigenvalue weighted by Gasteiger charge is 2.58. The van der Waals surface area contributed by atoms with Crippen molar-refractivity contribution in [2.75, 3.05) is 14.1 Å². The Morgan fingerprint density at radius 1 is 1.12 bits per heavy atom. The molecule has 2 saturated carbocycles. The van der Waals surface area contributed by atoms with E-state index in [0.29, 0.717) is 23.3 Å². The molecule has 0 aromatic rings. The Morgan fingerprint density at radius 3 is 2.62 bits per heavy atom. The van der Waals surface area contributed by atoms with Crippen LogP contribution in [0.4, 0.5) is 0 Å². The molecule has 0 aromatic carbocycles. The molecule has 132 valence electrons. The highest BCUT2D eigenvalue weighted by Crippen LogP contribution is 2.64. The Balaban J connectivity index is 1.80. The minimum Gasteiger partial charge on any atom is -0.391 e. The van der Waals surface area contributed by atoms with Crippen molar-refractivity contribution in [1.82, 2.24) is 10.6 Å². The Morgan fingerprint density at radius 2 is 1.92 bits per heavy atom. The lowest BCUT2D eigenvalue weighted by molar-refractivity contribution is 0.00405. The molecule has 4 aliphatic carbocycles. The number of hydrogen-bond donors (Lipinski definition) is 3. The Bertz CT molecular complexity index is 621. The van der Waals surface area contributed by atoms with Crippen molar-refractivity contribution in [2.45, 2.75) is 51.7 Å². The van der Waals surface area contributed by atoms with Gasteiger partial charge in [0.05, 0.1) is 6.10 Å². The molecule has 4 rings (SSSR count). The molecule has 0 aliphatic heterocycles. The minimum absolute atomic E-state index is 0.0727. The number of allylic oxidation sites excluding steroid dienone is 4. The van der Waals surface area contributed by atoms with E-state index in [1.54, 1.807) is 0 Å². The lowest BCUT2D eigenvalue weighted by Gasteiger charge is -2.56. The molecule has 0 bridgehead atoms. The summed E-state index contributed by atoms with van der Waals surface area (Å²) < 4.78 is 0. The van der Waals surface area contributed by atoms with Crippen LogP contribution in [0.15, 0.2) is 35.6 Å². The van der Waals surface area contributed by atoms with Gasteiger partial charge < -0.3 is 15.7 Å². The SMILES string of the molecule is CNC1=CC2=C[C@@H](O)C=C[C@]2(C)[C@H]2CC[C@]3(C)[C@@H](NC)CC[C@H]3[C@H]12. The van der Waals surface area contributed by atoms with Crippen molar-refractivity contribution >= 4 is 0 Å². The molecular formula is C21H32N2O. The molecule has 0 unspecified atom stereocenters. The Hall–Kier alpha value is -1.06. The highest BCUT2D eigenvalue weighted by molar-refractivity contribution is 5.44. The summed E-state index contributed by atoms with van der Waals surface area (Å²) in [6.07, 6.45) is 13.4. The highest BCUT2D eigenvalue weighted by atomic mass is 16.3. The van der Waals surface area contributed by atoms with Gasteiger partial charge in [0, 0.05) is 30.1 Å². The van der Waals surface area contributed by atoms with Crippen LogP contribution in [0.3, 0.4) is 0 Å². The fourth-order valence-corrected chi connectivity index (χ4v) is 6.58. The van der Waals surface area contributed by atoms with E-state index in [1.807, 2.05) is 12.2 Å². The van der Waals surface area contributed by atoms with E-state index in [0.717, 1.165) is 5.92 Å². The molecule has 3 nitrogen and oxygen atoms in total. The average molecular weight is 329 g/mol. The van der Waals surface area contributed by atoms with Gasteiger partial charge in [-0.15, -0.1) is 0 Å². The van der Waals surface area contributed by atoms with Crippen LogP contribution in [0.2, 0.25) is 0 Å². The van der Waals surface area contributed by atoms with Crippen LogP contribution < -0.4 is 10.6 Å². The first-order valence-corrected chi connectivity index (χ1v) is 9.60. The number of fused-ring (bicyclic) bond motifs is 5. The molecular weight excluding hydrogens is 296 g/mol. The van der Waals surface area contributed by atoms with Crippen molar-refractivity contribution in [3.8, 4) is 0 Å². The standard InChI is InChI=1S/C21H32N2O/c1-20-9-7-14(24)11-13(20)12-17(22-3)19-15-5-6-18(23-4)21(15,2)10-8-16(19)20/h7,9,11-12,14-16,18-19,22-24H,5-6,8,10H2,1-4H3/t14-,15-,16-,18-,19-,20-,21-/m0/s1. The maximum atomic E-state index is 10.1. The van der Waals surface area contributed by atoms with Gasteiger partial charge in [0.1, 0.15) is 0 Å². The zero-order valence-corrected chi connectivity index (χ0v) is 15.5. The molecule has 0 heterocycles. The summed E-state index contributed by atoms with van der Waals surface area (Å²) in [6.45, 7) is 4.90. The summed E-state index contributed by atoms with van der Waals surface area (Å²) in [5, 5.41) is 17.2. The fourth-order valence-electron chi connectivity index (χ4n) is 6.58. The van der Waals surface area contributed by atoms with E-state index < -0.39 is 6.10 Å². The maximum absolute atomic E-state index is 10.1. The molecule has 3 heteroatoms. The fraction of sp³-hybridized carbons (Fsp3) is 0.714. The summed E-state index contributed by atoms with van der Waals surface area (Å²) in [4.78, 5) is 0. The van der Waals surface area contributed by atoms with Crippen molar-refractivity contribution in [1.29, 1.82) is 0 Å². The summed E-state index contributed by atoms with van der Waals surface area (Å²) in [6, 6.07) is 0.648. The summed E-state index contributed by atoms with van der Waals surface area (Å²) in [5.41, 5.74) is 3.17. The van der Waals surface area contributed by atoms with E-state index >= 15 is 0 Å². The van der Waals surface area contributed by atoms with Gasteiger partial charge in [-0.1, -0.05) is 26.0 Å². The van der Waals surface area contributed by atoms with Gasteiger partial charge in [0.25, 0.3) is 0 Å². The first kappa shape index (κ1) is 16.4. The van der Waals surface area contributed by atoms with E-state index in [2.05, 4.69) is 50.7 Å². The molecule has 0 spiro atoms. The van der Waals surface area contributed by atoms with Gasteiger partial charge in [0.2, 0.25) is 0 Å². The second-order valence-corrected chi connectivity index (χ2v) is 8.81. The average Bonchev–Trinajstić information content (AvgIpc) is 2.91. The van der Waals surface area contributed by atoms with Gasteiger partial charge >= 0.3 is 0 Å². The van der Waals surface area contributed by atoms with Crippen LogP contribution in [0, 0.1) is 28.6 Å². The molecule has 0 amide bonds. The predicted octanol–water partition coefficient (Wildman–Crippen LogP) is 3.00. The second kappa shape index (κ2) is 5.47. The van der Waals surface area contributed by atoms with Crippen LogP contribution in [0.1, 0.15) is 39.5 Å². The first-order chi connectivity index (χ1) is 11.4. The number of rotatable bonds is 2. The monoisotopic (exact) mass is 328 g/mol. The molecule has 7 atom stereocenters. The van der Waals surface area contributed by atoms with Gasteiger partial charge in [-0.2, -0.15) is 0 Å². The second-order valence-electron chi connectivity index (χ2n) is 8.81. The van der Waals surface area contributed by atoms with Crippen LogP contribution in [-0.4, -0.2) is 31.3 Å². The third kappa shape index (κ3) is 2.04. The quantitative estimate of drug-likeness (QED) is 0.683. The Kier molecular flexibility index (Phi) is 3.74. The van der Waals surface area contributed by atoms with E-state index in [-0.39, 0.29) is 5.41 Å². The van der Waals surface area contributed by atoms with E-state index in [4.69, 9.17) is 0 Å². The number of hydrogen-bond acceptors (Lipinski definition) is 3. The van der Waals surface area contributed by atoms with Gasteiger partial charge in [-0.3, -0.25) is 0 Å². The van der Waals surface area contributed by atoms with Crippen LogP contribution >= 0.6 is 0 Å². The van der Waals surface area contributed by atoms with Gasteiger partial charge in [0.15, 0.2) is 0 Å². The zero-order valence-electron chi connectivity index (χ0n) is 15.5. The molecule has 24 heavy (non-hydrogen) atoms. The first-order valence-electron chi connectivity index (χ1n) is 9.60. The molecule has 0 radical (unpaired) electrons. The number of nitrogens with one attached hydrogen (secondary N) is 2. The van der Waals surface area contributed by atoms with E-state index in [1.165, 1.54) is 37.0 Å². The Labute approximate surface area is 146 Å². The summed E-state index contributed by atoms with van der Waals surface area (Å²) >= 11 is 0. The molecule has 3 N–H and O–H groups in total. The summed E-state index contributed by atoms with van der Waals surface area (Å²) in [5.74, 6) is 1.98. The smallest absolute Gasteiger partial charge is 0.0908 e. The lowest BCUT2D eigenvalue weighted by atomic mass is 9.49. The number of aliphatic hydroxyl groups is 1. The van der Waals surface area contributed by atoms with Crippen LogP contribution in [0.25, 0.3) is 0 Å². The molecule has 4 aliphatic rings. The van der Waals surface area contributed by atoms with Crippen molar-refractivity contribution in [2.24, 2.45) is 28.6 Å². The third-order valence-corrected chi connectivity index (χ3v) is 7.96. The third-order valence-electron chi connectivity index (χ3n) is 7.96. The lowest BCUT2D eigenvalue weighted by Crippen LogP contribution is -2.53. The maximum Gasteiger partial charge on any atom is 0.0908 e. The molecule has 0 saturated heterocycles. The topological polar surface area (TPSA) is 44.3 Å². The normalized spacial score (nSPS) is 49.6. The van der Waals surface area contributed by atoms with Crippen LogP contribution in [0.5, 0.6) is 0 Å². The van der Waals surface area contributed by atoms with Gasteiger partial charge in [-0.05, 0) is 67.7 Å². The largest absolute Gasteiger partial charge is 0.391 e. The van der Waals surface area contributed by atoms with E-state index in [9.17, 15) is 5.11 Å². The van der Waals surface area contributed by atoms with Crippen molar-refractivity contribution in [3.63, 3.8) is 0 Å². The molecule has 2 fully saturated rings. The van der Waals surface area contributed by atoms with Crippen molar-refractivity contribution in [3.05, 3.63) is 35.6 Å².